The van der Waals surface area contributed by atoms with Crippen LogP contribution in [-0.2, 0) is 9.53 Å². The fraction of sp³-hybridized carbons (Fsp3) is 0.719. The summed E-state index contributed by atoms with van der Waals surface area (Å²) in [6, 6.07) is 10.9. The van der Waals surface area contributed by atoms with Crippen molar-refractivity contribution in [2.75, 3.05) is 6.61 Å². The summed E-state index contributed by atoms with van der Waals surface area (Å²) in [6.45, 7) is 11.7. The van der Waals surface area contributed by atoms with E-state index in [9.17, 15) is 4.79 Å². The average molecular weight is 670 g/mol. The summed E-state index contributed by atoms with van der Waals surface area (Å²) in [5.74, 6) is -0.0994. The van der Waals surface area contributed by atoms with Crippen molar-refractivity contribution in [3.63, 3.8) is 0 Å². The molecule has 0 N–H and O–H groups in total. The first-order valence-corrected chi connectivity index (χ1v) is 25.2. The van der Waals surface area contributed by atoms with E-state index in [1.165, 1.54) is 107 Å². The molecule has 0 amide bonds. The van der Waals surface area contributed by atoms with Crippen LogP contribution in [-0.4, -0.2) is 45.9 Å². The van der Waals surface area contributed by atoms with E-state index in [1.54, 1.807) is 0 Å². The molecule has 4 heteroatoms. The first kappa shape index (κ1) is 33.8. The third kappa shape index (κ3) is 16.6. The predicted molar refractivity (Wildman–Crippen MR) is 163 cm³/mol. The van der Waals surface area contributed by atoms with Gasteiger partial charge in [-0.2, -0.15) is 0 Å². The van der Waals surface area contributed by atoms with Crippen molar-refractivity contribution in [2.24, 2.45) is 0 Å². The molecule has 206 valence electrons. The van der Waals surface area contributed by atoms with Crippen molar-refractivity contribution < 1.29 is 9.53 Å². The van der Waals surface area contributed by atoms with Crippen LogP contribution in [0, 0.1) is 0 Å². The fourth-order valence-electron chi connectivity index (χ4n) is 5.06. The van der Waals surface area contributed by atoms with Crippen LogP contribution in [0.1, 0.15) is 111 Å². The van der Waals surface area contributed by atoms with Crippen LogP contribution in [0.25, 0.3) is 0 Å². The van der Waals surface area contributed by atoms with Gasteiger partial charge in [-0.05, 0) is 0 Å². The van der Waals surface area contributed by atoms with E-state index in [-0.39, 0.29) is 5.97 Å². The van der Waals surface area contributed by atoms with Crippen LogP contribution in [0.15, 0.2) is 42.5 Å². The van der Waals surface area contributed by atoms with Gasteiger partial charge in [-0.1, -0.05) is 0 Å². The van der Waals surface area contributed by atoms with Gasteiger partial charge in [0.25, 0.3) is 0 Å². The molecule has 0 saturated carbocycles. The molecule has 0 aliphatic carbocycles. The zero-order valence-corrected chi connectivity index (χ0v) is 28.5. The summed E-state index contributed by atoms with van der Waals surface area (Å²) in [5.41, 5.74) is 0.794. The van der Waals surface area contributed by atoms with Crippen molar-refractivity contribution >= 4 is 43.8 Å². The molecule has 0 radical (unpaired) electrons. The van der Waals surface area contributed by atoms with Gasteiger partial charge in [0.2, 0.25) is 0 Å². The van der Waals surface area contributed by atoms with E-state index < -0.39 is 18.4 Å². The molecule has 36 heavy (non-hydrogen) atoms. The molecule has 0 aromatic heterocycles. The molecule has 2 nitrogen and oxygen atoms in total. The molecule has 1 aromatic rings. The number of carbonyl (C=O) groups is 1. The van der Waals surface area contributed by atoms with Gasteiger partial charge in [0, 0.05) is 0 Å². The Balaban J connectivity index is 2.15. The van der Waals surface area contributed by atoms with Crippen LogP contribution in [0.2, 0.25) is 23.1 Å². The Morgan fingerprint density at radius 2 is 1.25 bits per heavy atom. The molecule has 0 heterocycles. The van der Waals surface area contributed by atoms with Crippen molar-refractivity contribution in [1.29, 1.82) is 0 Å². The number of rotatable bonds is 24. The molecular formula is C32H56O2SeSn. The van der Waals surface area contributed by atoms with Crippen LogP contribution < -0.4 is 4.46 Å². The quantitative estimate of drug-likeness (QED) is 0.0474. The number of carbonyl (C=O) groups excluding carboxylic acids is 1. The van der Waals surface area contributed by atoms with Gasteiger partial charge in [-0.3, -0.25) is 0 Å². The van der Waals surface area contributed by atoms with Gasteiger partial charge in [0.15, 0.2) is 0 Å². The zero-order valence-electron chi connectivity index (χ0n) is 24.0. The third-order valence-electron chi connectivity index (χ3n) is 7.34. The summed E-state index contributed by atoms with van der Waals surface area (Å²) in [7, 11) is 0. The first-order valence-electron chi connectivity index (χ1n) is 15.1. The zero-order chi connectivity index (χ0) is 26.3. The van der Waals surface area contributed by atoms with Crippen molar-refractivity contribution in [2.45, 2.75) is 134 Å². The van der Waals surface area contributed by atoms with Gasteiger partial charge < -0.3 is 0 Å². The van der Waals surface area contributed by atoms with Gasteiger partial charge >= 0.3 is 236 Å². The van der Waals surface area contributed by atoms with Gasteiger partial charge in [0.05, 0.1) is 0 Å². The number of hydrogen-bond acceptors (Lipinski definition) is 2. The molecule has 0 atom stereocenters. The maximum absolute atomic E-state index is 12.7. The van der Waals surface area contributed by atoms with Gasteiger partial charge in [-0.25, -0.2) is 0 Å². The maximum atomic E-state index is 12.7. The van der Waals surface area contributed by atoms with Crippen molar-refractivity contribution in [1.82, 2.24) is 0 Å². The second-order valence-corrected chi connectivity index (χ2v) is 27.0. The van der Waals surface area contributed by atoms with E-state index in [2.05, 4.69) is 57.7 Å². The van der Waals surface area contributed by atoms with Crippen LogP contribution in [0.4, 0.5) is 0 Å². The number of benzene rings is 1. The molecule has 0 spiro atoms. The second kappa shape index (κ2) is 22.7. The Morgan fingerprint density at radius 3 is 1.78 bits per heavy atom. The van der Waals surface area contributed by atoms with Crippen LogP contribution in [0.5, 0.6) is 0 Å². The molecule has 0 aliphatic heterocycles. The number of hydrogen-bond donors (Lipinski definition) is 0. The summed E-state index contributed by atoms with van der Waals surface area (Å²) >= 11 is -1.72. The molecule has 0 aliphatic rings. The molecular weight excluding hydrogens is 614 g/mol. The van der Waals surface area contributed by atoms with E-state index in [0.29, 0.717) is 21.6 Å². The monoisotopic (exact) mass is 672 g/mol. The van der Waals surface area contributed by atoms with E-state index in [4.69, 9.17) is 4.74 Å². The first-order chi connectivity index (χ1) is 17.6. The Labute approximate surface area is 234 Å². The van der Waals surface area contributed by atoms with E-state index in [1.807, 2.05) is 0 Å². The molecule has 1 aromatic carbocycles. The Morgan fingerprint density at radius 1 is 0.750 bits per heavy atom. The van der Waals surface area contributed by atoms with Gasteiger partial charge in [-0.15, -0.1) is 0 Å². The molecule has 0 bridgehead atoms. The normalized spacial score (nSPS) is 11.5. The number of ether oxygens (including phenoxy) is 1. The Hall–Kier alpha value is -0.252. The van der Waals surface area contributed by atoms with E-state index >= 15 is 0 Å². The third-order valence-corrected chi connectivity index (χ3v) is 25.1. The molecule has 0 saturated heterocycles. The summed E-state index contributed by atoms with van der Waals surface area (Å²) in [4.78, 5) is 12.7. The standard InChI is InChI=1S/C20H29O2Se.3C4H9.Sn/c1-18(2)20(21)22-16-12-7-5-3-4-6-8-13-17-23-19-14-10-9-11-15-19;3*1-3-4-2;/h9-11,14-15H,1-8,12-13,16-17H2;3*1,3-4H2,2H3;. The van der Waals surface area contributed by atoms with Gasteiger partial charge in [0.1, 0.15) is 0 Å². The topological polar surface area (TPSA) is 26.3 Å². The summed E-state index contributed by atoms with van der Waals surface area (Å²) in [5, 5.41) is 1.37. The Bertz CT molecular complexity index is 654. The summed E-state index contributed by atoms with van der Waals surface area (Å²) in [6.07, 6.45) is 18.0. The Kier molecular flexibility index (Phi) is 21.3. The average Bonchev–Trinajstić information content (AvgIpc) is 2.90. The van der Waals surface area contributed by atoms with Crippen LogP contribution >= 0.6 is 0 Å². The predicted octanol–water partition coefficient (Wildman–Crippen LogP) is 9.50. The molecule has 0 fully saturated rings. The number of esters is 1. The van der Waals surface area contributed by atoms with E-state index in [0.717, 1.165) is 16.4 Å². The minimum absolute atomic E-state index is 0.0994. The van der Waals surface area contributed by atoms with Crippen LogP contribution in [0.3, 0.4) is 0 Å². The minimum atomic E-state index is -2.36. The number of unbranched alkanes of at least 4 members (excludes halogenated alkanes) is 10. The van der Waals surface area contributed by atoms with Crippen molar-refractivity contribution in [3.8, 4) is 0 Å². The SMILES string of the molecule is C=C([CH2][Sn]([CH2]CCC)([CH2]CCC)[CH2]CCC)C(=O)OCCCCCCCCCC[Se]c1ccccc1. The molecule has 0 unspecified atom stereocenters. The van der Waals surface area contributed by atoms with Crippen molar-refractivity contribution in [3.05, 3.63) is 42.5 Å². The fourth-order valence-corrected chi connectivity index (χ4v) is 23.1. The molecule has 1 rings (SSSR count). The second-order valence-electron chi connectivity index (χ2n) is 10.7. The summed E-state index contributed by atoms with van der Waals surface area (Å²) < 4.78 is 12.5.